The van der Waals surface area contributed by atoms with Gasteiger partial charge in [-0.05, 0) is 24.7 Å². The first-order valence-electron chi connectivity index (χ1n) is 7.15. The molecular formula is C14H26O3S. The van der Waals surface area contributed by atoms with Gasteiger partial charge in [-0.25, -0.2) is 0 Å². The van der Waals surface area contributed by atoms with Gasteiger partial charge >= 0.3 is 5.97 Å². The van der Waals surface area contributed by atoms with Crippen molar-refractivity contribution in [2.75, 3.05) is 11.5 Å². The molecule has 1 rings (SSSR count). The monoisotopic (exact) mass is 274 g/mol. The third-order valence-corrected chi connectivity index (χ3v) is 5.35. The van der Waals surface area contributed by atoms with Gasteiger partial charge in [-0.1, -0.05) is 39.0 Å². The zero-order valence-electron chi connectivity index (χ0n) is 11.5. The van der Waals surface area contributed by atoms with E-state index in [1.165, 1.54) is 25.7 Å². The second-order valence-corrected chi connectivity index (χ2v) is 7.20. The van der Waals surface area contributed by atoms with Gasteiger partial charge in [0.1, 0.15) is 0 Å². The molecule has 1 aliphatic carbocycles. The van der Waals surface area contributed by atoms with Gasteiger partial charge in [0, 0.05) is 22.3 Å². The lowest BCUT2D eigenvalue weighted by Crippen LogP contribution is -2.18. The number of hydrogen-bond acceptors (Lipinski definition) is 2. The Labute approximate surface area is 113 Å². The van der Waals surface area contributed by atoms with Crippen LogP contribution in [-0.4, -0.2) is 26.8 Å². The van der Waals surface area contributed by atoms with E-state index < -0.39 is 16.8 Å². The number of carboxylic acid groups (broad SMARTS) is 1. The molecule has 1 atom stereocenters. The van der Waals surface area contributed by atoms with E-state index in [4.69, 9.17) is 5.11 Å². The number of carboxylic acids is 1. The summed E-state index contributed by atoms with van der Waals surface area (Å²) in [5.74, 6) is 0.617. The van der Waals surface area contributed by atoms with Crippen LogP contribution in [0.5, 0.6) is 0 Å². The Morgan fingerprint density at radius 3 is 2.33 bits per heavy atom. The van der Waals surface area contributed by atoms with Crippen LogP contribution in [0.15, 0.2) is 0 Å². The van der Waals surface area contributed by atoms with Gasteiger partial charge in [-0.2, -0.15) is 0 Å². The third kappa shape index (κ3) is 6.53. The molecule has 0 radical (unpaired) electrons. The second-order valence-electron chi connectivity index (χ2n) is 5.63. The Bertz CT molecular complexity index is 285. The van der Waals surface area contributed by atoms with Crippen molar-refractivity contribution >= 4 is 16.8 Å². The summed E-state index contributed by atoms with van der Waals surface area (Å²) in [5, 5.41) is 8.80. The summed E-state index contributed by atoms with van der Waals surface area (Å²) < 4.78 is 11.9. The van der Waals surface area contributed by atoms with E-state index in [1.807, 2.05) is 0 Å². The van der Waals surface area contributed by atoms with Crippen molar-refractivity contribution < 1.29 is 14.1 Å². The van der Waals surface area contributed by atoms with Crippen LogP contribution in [0.25, 0.3) is 0 Å². The Morgan fingerprint density at radius 2 is 1.78 bits per heavy atom. The van der Waals surface area contributed by atoms with Gasteiger partial charge in [-0.15, -0.1) is 0 Å². The zero-order chi connectivity index (χ0) is 13.4. The quantitative estimate of drug-likeness (QED) is 0.588. The summed E-state index contributed by atoms with van der Waals surface area (Å²) in [4.78, 5) is 10.7. The predicted molar refractivity (Wildman–Crippen MR) is 75.2 cm³/mol. The molecule has 106 valence electrons. The fourth-order valence-corrected chi connectivity index (χ4v) is 4.07. The second kappa shape index (κ2) is 7.93. The number of unbranched alkanes of at least 4 members (excludes halogenated alkanes) is 5. The lowest BCUT2D eigenvalue weighted by molar-refractivity contribution is -0.138. The molecule has 0 amide bonds. The number of rotatable bonds is 11. The van der Waals surface area contributed by atoms with Gasteiger partial charge in [0.2, 0.25) is 0 Å². The lowest BCUT2D eigenvalue weighted by Gasteiger charge is -2.11. The van der Waals surface area contributed by atoms with Gasteiger partial charge in [0.25, 0.3) is 0 Å². The van der Waals surface area contributed by atoms with E-state index in [0.717, 1.165) is 31.4 Å². The molecule has 18 heavy (non-hydrogen) atoms. The van der Waals surface area contributed by atoms with Crippen LogP contribution >= 0.6 is 0 Å². The lowest BCUT2D eigenvalue weighted by atomic mass is 10.1. The third-order valence-electron chi connectivity index (χ3n) is 3.68. The minimum absolute atomic E-state index is 0.112. The van der Waals surface area contributed by atoms with Gasteiger partial charge in [-0.3, -0.25) is 9.00 Å². The average Bonchev–Trinajstić information content (AvgIpc) is 3.01. The largest absolute Gasteiger partial charge is 0.481 e. The molecule has 1 saturated carbocycles. The fraction of sp³-hybridized carbons (Fsp3) is 0.929. The topological polar surface area (TPSA) is 54.4 Å². The van der Waals surface area contributed by atoms with E-state index in [2.05, 4.69) is 6.92 Å². The van der Waals surface area contributed by atoms with Crippen molar-refractivity contribution in [3.05, 3.63) is 0 Å². The van der Waals surface area contributed by atoms with E-state index in [-0.39, 0.29) is 11.8 Å². The molecular weight excluding hydrogens is 248 g/mol. The summed E-state index contributed by atoms with van der Waals surface area (Å²) in [7, 11) is -0.814. The SMILES string of the molecule is CCCCCCCCS(=O)CC1(CC(=O)O)CC1. The molecule has 0 aromatic rings. The van der Waals surface area contributed by atoms with Crippen LogP contribution in [0.2, 0.25) is 0 Å². The van der Waals surface area contributed by atoms with Crippen molar-refractivity contribution in [1.29, 1.82) is 0 Å². The van der Waals surface area contributed by atoms with Crippen LogP contribution in [0.1, 0.15) is 64.7 Å². The predicted octanol–water partition coefficient (Wildman–Crippen LogP) is 3.35. The highest BCUT2D eigenvalue weighted by Crippen LogP contribution is 2.49. The number of aliphatic carboxylic acids is 1. The van der Waals surface area contributed by atoms with E-state index in [0.29, 0.717) is 5.75 Å². The van der Waals surface area contributed by atoms with Crippen molar-refractivity contribution in [2.45, 2.75) is 64.7 Å². The van der Waals surface area contributed by atoms with Crippen molar-refractivity contribution in [2.24, 2.45) is 5.41 Å². The Kier molecular flexibility index (Phi) is 6.90. The summed E-state index contributed by atoms with van der Waals surface area (Å²) in [6.45, 7) is 2.20. The van der Waals surface area contributed by atoms with E-state index in [9.17, 15) is 9.00 Å². The molecule has 0 heterocycles. The van der Waals surface area contributed by atoms with E-state index in [1.54, 1.807) is 0 Å². The first-order valence-corrected chi connectivity index (χ1v) is 8.63. The van der Waals surface area contributed by atoms with Crippen LogP contribution in [0.3, 0.4) is 0 Å². The highest BCUT2D eigenvalue weighted by molar-refractivity contribution is 7.85. The Balaban J connectivity index is 2.05. The molecule has 4 heteroatoms. The summed E-state index contributed by atoms with van der Waals surface area (Å²) in [6, 6.07) is 0. The highest BCUT2D eigenvalue weighted by atomic mass is 32.2. The highest BCUT2D eigenvalue weighted by Gasteiger charge is 2.45. The first kappa shape index (κ1) is 15.7. The molecule has 0 bridgehead atoms. The number of hydrogen-bond donors (Lipinski definition) is 1. The maximum absolute atomic E-state index is 11.9. The van der Waals surface area contributed by atoms with Crippen molar-refractivity contribution in [3.8, 4) is 0 Å². The number of carbonyl (C=O) groups is 1. The van der Waals surface area contributed by atoms with Crippen molar-refractivity contribution in [1.82, 2.24) is 0 Å². The van der Waals surface area contributed by atoms with Gasteiger partial charge < -0.3 is 5.11 Å². The molecule has 0 saturated heterocycles. The molecule has 0 aromatic carbocycles. The fourth-order valence-electron chi connectivity index (χ4n) is 2.33. The Morgan fingerprint density at radius 1 is 1.17 bits per heavy atom. The molecule has 0 aromatic heterocycles. The molecule has 0 spiro atoms. The molecule has 1 N–H and O–H groups in total. The normalized spacial score (nSPS) is 18.5. The Hall–Kier alpha value is -0.380. The molecule has 1 fully saturated rings. The first-order chi connectivity index (χ1) is 8.58. The van der Waals surface area contributed by atoms with Gasteiger partial charge in [0.05, 0.1) is 6.42 Å². The summed E-state index contributed by atoms with van der Waals surface area (Å²) in [5.41, 5.74) is -0.112. The summed E-state index contributed by atoms with van der Waals surface area (Å²) in [6.07, 6.45) is 9.36. The zero-order valence-corrected chi connectivity index (χ0v) is 12.3. The van der Waals surface area contributed by atoms with Crippen LogP contribution in [0, 0.1) is 5.41 Å². The smallest absolute Gasteiger partial charge is 0.303 e. The van der Waals surface area contributed by atoms with Crippen molar-refractivity contribution in [3.63, 3.8) is 0 Å². The minimum Gasteiger partial charge on any atom is -0.481 e. The molecule has 3 nitrogen and oxygen atoms in total. The molecule has 1 unspecified atom stereocenters. The van der Waals surface area contributed by atoms with Crippen LogP contribution in [0.4, 0.5) is 0 Å². The van der Waals surface area contributed by atoms with Crippen LogP contribution in [-0.2, 0) is 15.6 Å². The average molecular weight is 274 g/mol. The standard InChI is InChI=1S/C14H26O3S/c1-2-3-4-5-6-7-10-18(17)12-14(8-9-14)11-13(15)16/h2-12H2,1H3,(H,15,16). The van der Waals surface area contributed by atoms with Crippen LogP contribution < -0.4 is 0 Å². The van der Waals surface area contributed by atoms with E-state index >= 15 is 0 Å². The minimum atomic E-state index is -0.814. The maximum atomic E-state index is 11.9. The van der Waals surface area contributed by atoms with Gasteiger partial charge in [0.15, 0.2) is 0 Å². The maximum Gasteiger partial charge on any atom is 0.303 e. The molecule has 1 aliphatic rings. The molecule has 0 aliphatic heterocycles. The summed E-state index contributed by atoms with van der Waals surface area (Å²) >= 11 is 0.